The maximum Gasteiger partial charge on any atom is 0.328 e. The zero-order valence-electron chi connectivity index (χ0n) is 10.2. The molecule has 2 aromatic rings. The van der Waals surface area contributed by atoms with Crippen molar-refractivity contribution in [2.45, 2.75) is 13.3 Å². The first-order chi connectivity index (χ1) is 9.17. The second kappa shape index (κ2) is 6.29. The molecule has 19 heavy (non-hydrogen) atoms. The van der Waals surface area contributed by atoms with Gasteiger partial charge in [0.15, 0.2) is 0 Å². The molecule has 100 valence electrons. The first-order valence-electron chi connectivity index (χ1n) is 5.76. The monoisotopic (exact) mass is 282 g/mol. The molecule has 0 aliphatic heterocycles. The lowest BCUT2D eigenvalue weighted by Gasteiger charge is -2.06. The number of benzene rings is 1. The van der Waals surface area contributed by atoms with Crippen LogP contribution in [0.1, 0.15) is 13.3 Å². The van der Waals surface area contributed by atoms with Gasteiger partial charge < -0.3 is 10.1 Å². The van der Waals surface area contributed by atoms with E-state index in [0.717, 1.165) is 6.42 Å². The van der Waals surface area contributed by atoms with E-state index in [0.29, 0.717) is 18.2 Å². The van der Waals surface area contributed by atoms with Crippen molar-refractivity contribution in [2.75, 3.05) is 11.9 Å². The van der Waals surface area contributed by atoms with Gasteiger partial charge in [-0.15, -0.1) is 0 Å². The van der Waals surface area contributed by atoms with Crippen molar-refractivity contribution in [1.82, 2.24) is 15.0 Å². The summed E-state index contributed by atoms with van der Waals surface area (Å²) in [4.78, 5) is 11.8. The molecule has 1 N–H and O–H groups in total. The molecule has 0 aliphatic rings. The number of anilines is 1. The smallest absolute Gasteiger partial charge is 0.328 e. The van der Waals surface area contributed by atoms with Gasteiger partial charge in [-0.05, 0) is 30.2 Å². The van der Waals surface area contributed by atoms with Gasteiger partial charge in [-0.25, -0.2) is 4.39 Å². The molecule has 0 saturated carbocycles. The van der Waals surface area contributed by atoms with E-state index >= 15 is 0 Å². The van der Waals surface area contributed by atoms with Crippen LogP contribution in [-0.2, 0) is 0 Å². The lowest BCUT2D eigenvalue weighted by Crippen LogP contribution is -2.06. The first-order valence-corrected chi connectivity index (χ1v) is 6.14. The van der Waals surface area contributed by atoms with Crippen molar-refractivity contribution in [3.63, 3.8) is 0 Å². The van der Waals surface area contributed by atoms with Crippen LogP contribution in [0.4, 0.5) is 10.3 Å². The van der Waals surface area contributed by atoms with Crippen molar-refractivity contribution in [2.24, 2.45) is 0 Å². The Kier molecular flexibility index (Phi) is 4.46. The molecule has 0 unspecified atom stereocenters. The predicted molar refractivity (Wildman–Crippen MR) is 70.1 cm³/mol. The molecular formula is C12H12ClFN4O. The van der Waals surface area contributed by atoms with Crippen LogP contribution in [0.5, 0.6) is 11.8 Å². The van der Waals surface area contributed by atoms with Crippen molar-refractivity contribution in [3.8, 4) is 11.8 Å². The summed E-state index contributed by atoms with van der Waals surface area (Å²) in [6.45, 7) is 2.72. The number of ether oxygens (including phenoxy) is 1. The number of aromatic nitrogens is 3. The molecule has 1 aromatic carbocycles. The van der Waals surface area contributed by atoms with Gasteiger partial charge in [0.05, 0.1) is 0 Å². The summed E-state index contributed by atoms with van der Waals surface area (Å²) in [6, 6.07) is 5.70. The van der Waals surface area contributed by atoms with Gasteiger partial charge in [0, 0.05) is 12.6 Å². The van der Waals surface area contributed by atoms with Crippen molar-refractivity contribution >= 4 is 17.5 Å². The number of rotatable bonds is 5. The number of hydrogen-bond acceptors (Lipinski definition) is 5. The lowest BCUT2D eigenvalue weighted by molar-refractivity contribution is 0.436. The third-order valence-corrected chi connectivity index (χ3v) is 2.29. The summed E-state index contributed by atoms with van der Waals surface area (Å²) >= 11 is 5.77. The van der Waals surface area contributed by atoms with E-state index in [4.69, 9.17) is 16.3 Å². The fourth-order valence-corrected chi connectivity index (χ4v) is 1.48. The van der Waals surface area contributed by atoms with Crippen LogP contribution in [0.2, 0.25) is 5.28 Å². The van der Waals surface area contributed by atoms with E-state index in [1.54, 1.807) is 6.07 Å². The molecule has 0 amide bonds. The summed E-state index contributed by atoms with van der Waals surface area (Å²) in [7, 11) is 0. The average molecular weight is 283 g/mol. The summed E-state index contributed by atoms with van der Waals surface area (Å²) in [5.74, 6) is 0.221. The highest BCUT2D eigenvalue weighted by Gasteiger charge is 2.07. The normalized spacial score (nSPS) is 10.3. The molecule has 7 heteroatoms. The zero-order valence-corrected chi connectivity index (χ0v) is 11.0. The third kappa shape index (κ3) is 4.03. The standard InChI is InChI=1S/C12H12ClFN4O/c1-2-6-15-11-16-10(13)17-12(18-11)19-9-5-3-4-8(14)7-9/h3-5,7H,2,6H2,1H3,(H,15,16,17,18). The van der Waals surface area contributed by atoms with Crippen LogP contribution in [0, 0.1) is 5.82 Å². The van der Waals surface area contributed by atoms with E-state index in [2.05, 4.69) is 20.3 Å². The van der Waals surface area contributed by atoms with Gasteiger partial charge in [-0.1, -0.05) is 13.0 Å². The number of nitrogens with zero attached hydrogens (tertiary/aromatic N) is 3. The van der Waals surface area contributed by atoms with E-state index in [-0.39, 0.29) is 11.3 Å². The maximum absolute atomic E-state index is 13.0. The molecule has 5 nitrogen and oxygen atoms in total. The molecule has 1 heterocycles. The van der Waals surface area contributed by atoms with Gasteiger partial charge in [0.1, 0.15) is 11.6 Å². The van der Waals surface area contributed by atoms with Crippen LogP contribution >= 0.6 is 11.6 Å². The van der Waals surface area contributed by atoms with Gasteiger partial charge in [-0.2, -0.15) is 15.0 Å². The van der Waals surface area contributed by atoms with E-state index in [9.17, 15) is 4.39 Å². The summed E-state index contributed by atoms with van der Waals surface area (Å²) < 4.78 is 18.4. The summed E-state index contributed by atoms with van der Waals surface area (Å²) in [5, 5.41) is 2.99. The second-order valence-corrected chi connectivity index (χ2v) is 4.03. The van der Waals surface area contributed by atoms with Gasteiger partial charge in [0.25, 0.3) is 0 Å². The molecule has 0 saturated heterocycles. The number of nitrogens with one attached hydrogen (secondary N) is 1. The van der Waals surface area contributed by atoms with Gasteiger partial charge >= 0.3 is 6.01 Å². The maximum atomic E-state index is 13.0. The minimum Gasteiger partial charge on any atom is -0.424 e. The van der Waals surface area contributed by atoms with Crippen molar-refractivity contribution in [3.05, 3.63) is 35.4 Å². The molecule has 0 aliphatic carbocycles. The topological polar surface area (TPSA) is 59.9 Å². The Balaban J connectivity index is 2.17. The van der Waals surface area contributed by atoms with E-state index in [1.807, 2.05) is 6.92 Å². The Labute approximate surface area is 114 Å². The third-order valence-electron chi connectivity index (χ3n) is 2.13. The largest absolute Gasteiger partial charge is 0.424 e. The average Bonchev–Trinajstić information content (AvgIpc) is 2.35. The van der Waals surface area contributed by atoms with Crippen molar-refractivity contribution in [1.29, 1.82) is 0 Å². The molecule has 1 aromatic heterocycles. The van der Waals surface area contributed by atoms with E-state index in [1.165, 1.54) is 18.2 Å². The fraction of sp³-hybridized carbons (Fsp3) is 0.250. The summed E-state index contributed by atoms with van der Waals surface area (Å²) in [6.07, 6.45) is 0.920. The van der Waals surface area contributed by atoms with Gasteiger partial charge in [-0.3, -0.25) is 0 Å². The first kappa shape index (κ1) is 13.5. The lowest BCUT2D eigenvalue weighted by atomic mass is 10.3. The highest BCUT2D eigenvalue weighted by Crippen LogP contribution is 2.20. The second-order valence-electron chi connectivity index (χ2n) is 3.70. The number of hydrogen-bond donors (Lipinski definition) is 1. The summed E-state index contributed by atoms with van der Waals surface area (Å²) in [5.41, 5.74) is 0. The Morgan fingerprint density at radius 2 is 2.16 bits per heavy atom. The molecule has 0 bridgehead atoms. The van der Waals surface area contributed by atoms with E-state index < -0.39 is 5.82 Å². The van der Waals surface area contributed by atoms with Gasteiger partial charge in [0.2, 0.25) is 11.2 Å². The predicted octanol–water partition coefficient (Wildman–Crippen LogP) is 3.28. The van der Waals surface area contributed by atoms with Crippen LogP contribution in [-0.4, -0.2) is 21.5 Å². The SMILES string of the molecule is CCCNc1nc(Cl)nc(Oc2cccc(F)c2)n1. The molecule has 0 atom stereocenters. The van der Waals surface area contributed by atoms with Crippen LogP contribution in [0.3, 0.4) is 0 Å². The van der Waals surface area contributed by atoms with Crippen LogP contribution in [0.25, 0.3) is 0 Å². The van der Waals surface area contributed by atoms with Crippen molar-refractivity contribution < 1.29 is 9.13 Å². The molecule has 0 fully saturated rings. The fourth-order valence-electron chi connectivity index (χ4n) is 1.33. The minimum absolute atomic E-state index is 0.0139. The minimum atomic E-state index is -0.401. The molecular weight excluding hydrogens is 271 g/mol. The zero-order chi connectivity index (χ0) is 13.7. The highest BCUT2D eigenvalue weighted by molar-refractivity contribution is 6.28. The highest BCUT2D eigenvalue weighted by atomic mass is 35.5. The number of halogens is 2. The Hall–Kier alpha value is -1.95. The van der Waals surface area contributed by atoms with Crippen LogP contribution in [0.15, 0.2) is 24.3 Å². The Bertz CT molecular complexity index is 567. The van der Waals surface area contributed by atoms with Crippen LogP contribution < -0.4 is 10.1 Å². The Morgan fingerprint density at radius 1 is 1.32 bits per heavy atom. The quantitative estimate of drug-likeness (QED) is 0.912. The molecule has 2 rings (SSSR count). The molecule has 0 spiro atoms. The Morgan fingerprint density at radius 3 is 2.89 bits per heavy atom. The molecule has 0 radical (unpaired) electrons.